The van der Waals surface area contributed by atoms with E-state index in [4.69, 9.17) is 69.6 Å². The Morgan fingerprint density at radius 2 is 0.905 bits per heavy atom. The lowest BCUT2D eigenvalue weighted by molar-refractivity contribution is -0.151. The van der Waals surface area contributed by atoms with Gasteiger partial charge in [-0.15, -0.1) is 0 Å². The number of halogens is 12. The SMILES string of the molecule is FC(F)(F)C(Cl)(Cl)CC(Cl)OC(Cl)CC(Cl)(Cl)C(F)(F)F. The van der Waals surface area contributed by atoms with E-state index in [0.717, 1.165) is 0 Å². The van der Waals surface area contributed by atoms with Crippen LogP contribution in [-0.2, 0) is 4.74 Å². The average Bonchev–Trinajstić information content (AvgIpc) is 2.10. The highest BCUT2D eigenvalue weighted by Gasteiger charge is 2.55. The first-order valence-corrected chi connectivity index (χ1v) is 7.21. The lowest BCUT2D eigenvalue weighted by Gasteiger charge is -2.28. The number of rotatable bonds is 6. The number of hydrogen-bond acceptors (Lipinski definition) is 1. The number of alkyl halides is 12. The Kier molecular flexibility index (Phi) is 7.90. The molecule has 2 unspecified atom stereocenters. The summed E-state index contributed by atoms with van der Waals surface area (Å²) < 4.78 is 72.1. The molecule has 0 bridgehead atoms. The minimum absolute atomic E-state index is 1.17. The van der Waals surface area contributed by atoms with Crippen molar-refractivity contribution in [1.29, 1.82) is 0 Å². The van der Waals surface area contributed by atoms with Gasteiger partial charge in [0.15, 0.2) is 0 Å². The summed E-state index contributed by atoms with van der Waals surface area (Å²) in [5, 5.41) is 0. The highest BCUT2D eigenvalue weighted by molar-refractivity contribution is 6.49. The molecule has 0 spiro atoms. The zero-order valence-electron chi connectivity index (χ0n) is 9.51. The zero-order chi connectivity index (χ0) is 17.3. The highest BCUT2D eigenvalue weighted by Crippen LogP contribution is 2.46. The molecule has 0 aliphatic rings. The molecule has 1 nitrogen and oxygen atoms in total. The molecule has 0 aromatic heterocycles. The summed E-state index contributed by atoms with van der Waals surface area (Å²) in [7, 11) is 0. The van der Waals surface area contributed by atoms with Crippen LogP contribution in [0, 0.1) is 0 Å². The van der Waals surface area contributed by atoms with Crippen LogP contribution in [-0.4, -0.2) is 32.1 Å². The van der Waals surface area contributed by atoms with Crippen LogP contribution >= 0.6 is 69.6 Å². The van der Waals surface area contributed by atoms with Gasteiger partial charge in [-0.25, -0.2) is 0 Å². The first-order valence-electron chi connectivity index (χ1n) is 4.82. The molecule has 0 rings (SSSR count). The maximum absolute atomic E-state index is 12.4. The molecule has 0 saturated carbocycles. The van der Waals surface area contributed by atoms with Crippen molar-refractivity contribution in [2.45, 2.75) is 45.0 Å². The van der Waals surface area contributed by atoms with Gasteiger partial charge in [0.2, 0.25) is 8.67 Å². The molecule has 21 heavy (non-hydrogen) atoms. The van der Waals surface area contributed by atoms with Crippen molar-refractivity contribution < 1.29 is 31.1 Å². The summed E-state index contributed by atoms with van der Waals surface area (Å²) in [4.78, 5) is 0. The van der Waals surface area contributed by atoms with Crippen molar-refractivity contribution in [3.05, 3.63) is 0 Å². The summed E-state index contributed by atoms with van der Waals surface area (Å²) in [5.41, 5.74) is -3.64. The molecule has 0 aliphatic carbocycles. The van der Waals surface area contributed by atoms with Crippen LogP contribution in [0.3, 0.4) is 0 Å². The third kappa shape index (κ3) is 7.14. The smallest absolute Gasteiger partial charge is 0.343 e. The van der Waals surface area contributed by atoms with Crippen LogP contribution in [0.2, 0.25) is 0 Å². The van der Waals surface area contributed by atoms with Gasteiger partial charge in [-0.05, 0) is 0 Å². The van der Waals surface area contributed by atoms with Crippen LogP contribution in [0.25, 0.3) is 0 Å². The largest absolute Gasteiger partial charge is 0.421 e. The minimum Gasteiger partial charge on any atom is -0.343 e. The van der Waals surface area contributed by atoms with E-state index in [-0.39, 0.29) is 0 Å². The molecular weight excluding hydrogens is 439 g/mol. The van der Waals surface area contributed by atoms with Gasteiger partial charge in [0.05, 0.1) is 0 Å². The second kappa shape index (κ2) is 7.45. The van der Waals surface area contributed by atoms with E-state index in [2.05, 4.69) is 4.74 Å². The van der Waals surface area contributed by atoms with Gasteiger partial charge < -0.3 is 4.74 Å². The van der Waals surface area contributed by atoms with Crippen molar-refractivity contribution in [2.75, 3.05) is 0 Å². The van der Waals surface area contributed by atoms with Crippen LogP contribution in [0.4, 0.5) is 26.3 Å². The highest BCUT2D eigenvalue weighted by atomic mass is 35.5. The van der Waals surface area contributed by atoms with Crippen molar-refractivity contribution in [3.8, 4) is 0 Å². The van der Waals surface area contributed by atoms with Gasteiger partial charge in [0, 0.05) is 12.8 Å². The average molecular weight is 445 g/mol. The molecule has 128 valence electrons. The molecule has 0 radical (unpaired) electrons. The third-order valence-corrected chi connectivity index (χ3v) is 3.95. The van der Waals surface area contributed by atoms with E-state index < -0.39 is 45.0 Å². The van der Waals surface area contributed by atoms with E-state index in [1.165, 1.54) is 0 Å². The molecule has 0 aromatic carbocycles. The second-order valence-corrected chi connectivity index (χ2v) is 7.71. The Bertz CT molecular complexity index is 311. The monoisotopic (exact) mass is 442 g/mol. The standard InChI is InChI=1S/C8H6Cl6F6O/c9-3(1-5(11,12)7(15,16)17)21-4(10)2-6(13,14)8(18,19)20/h3-4H,1-2H2. The molecule has 2 atom stereocenters. The van der Waals surface area contributed by atoms with Crippen molar-refractivity contribution in [3.63, 3.8) is 0 Å². The Morgan fingerprint density at radius 3 is 1.10 bits per heavy atom. The predicted molar refractivity (Wildman–Crippen MR) is 70.6 cm³/mol. The summed E-state index contributed by atoms with van der Waals surface area (Å²) >= 11 is 30.7. The van der Waals surface area contributed by atoms with Crippen LogP contribution in [0.1, 0.15) is 12.8 Å². The van der Waals surface area contributed by atoms with Crippen LogP contribution in [0.15, 0.2) is 0 Å². The van der Waals surface area contributed by atoms with Crippen LogP contribution < -0.4 is 0 Å². The molecule has 0 heterocycles. The molecule has 0 fully saturated rings. The van der Waals surface area contributed by atoms with Crippen molar-refractivity contribution >= 4 is 69.6 Å². The lowest BCUT2D eigenvalue weighted by atomic mass is 10.3. The van der Waals surface area contributed by atoms with Crippen molar-refractivity contribution in [2.24, 2.45) is 0 Å². The fourth-order valence-corrected chi connectivity index (χ4v) is 2.53. The van der Waals surface area contributed by atoms with E-state index in [1.54, 1.807) is 0 Å². The predicted octanol–water partition coefficient (Wildman–Crippen LogP) is 6.39. The fourth-order valence-electron chi connectivity index (χ4n) is 0.891. The number of ether oxygens (including phenoxy) is 1. The van der Waals surface area contributed by atoms with Gasteiger partial charge in [0.1, 0.15) is 11.1 Å². The Morgan fingerprint density at radius 1 is 0.667 bits per heavy atom. The first-order chi connectivity index (χ1) is 8.99. The third-order valence-electron chi connectivity index (χ3n) is 1.96. The van der Waals surface area contributed by atoms with Crippen molar-refractivity contribution in [1.82, 2.24) is 0 Å². The molecular formula is C8H6Cl6F6O. The molecule has 0 aromatic rings. The van der Waals surface area contributed by atoms with E-state index in [9.17, 15) is 26.3 Å². The second-order valence-electron chi connectivity index (χ2n) is 3.77. The molecule has 0 saturated heterocycles. The molecule has 0 amide bonds. The quantitative estimate of drug-likeness (QED) is 0.341. The Balaban J connectivity index is 4.58. The molecule has 13 heteroatoms. The lowest BCUT2D eigenvalue weighted by Crippen LogP contribution is -2.39. The van der Waals surface area contributed by atoms with Gasteiger partial charge in [-0.3, -0.25) is 0 Å². The van der Waals surface area contributed by atoms with E-state index in [0.29, 0.717) is 0 Å². The van der Waals surface area contributed by atoms with Gasteiger partial charge >= 0.3 is 12.4 Å². The molecule has 0 aliphatic heterocycles. The first kappa shape index (κ1) is 22.3. The zero-order valence-corrected chi connectivity index (χ0v) is 14.0. The number of hydrogen-bond donors (Lipinski definition) is 0. The van der Waals surface area contributed by atoms with Gasteiger partial charge in [-0.2, -0.15) is 26.3 Å². The van der Waals surface area contributed by atoms with Crippen LogP contribution in [0.5, 0.6) is 0 Å². The normalized spacial score (nSPS) is 17.7. The van der Waals surface area contributed by atoms with Gasteiger partial charge in [-0.1, -0.05) is 69.6 Å². The molecule has 0 N–H and O–H groups in total. The summed E-state index contributed by atoms with van der Waals surface area (Å²) in [6, 6.07) is 0. The Hall–Kier alpha value is 1.28. The van der Waals surface area contributed by atoms with Gasteiger partial charge in [0.25, 0.3) is 0 Å². The van der Waals surface area contributed by atoms with E-state index in [1.807, 2.05) is 0 Å². The summed E-state index contributed by atoms with van der Waals surface area (Å²) in [5.74, 6) is 0. The Labute approximate surface area is 145 Å². The topological polar surface area (TPSA) is 9.23 Å². The summed E-state index contributed by atoms with van der Waals surface area (Å²) in [6.07, 6.45) is -12.4. The fraction of sp³-hybridized carbons (Fsp3) is 1.00. The maximum atomic E-state index is 12.4. The maximum Gasteiger partial charge on any atom is 0.421 e. The summed E-state index contributed by atoms with van der Waals surface area (Å²) in [6.45, 7) is 0. The minimum atomic E-state index is -5.02. The van der Waals surface area contributed by atoms with E-state index >= 15 is 0 Å².